The first-order chi connectivity index (χ1) is 9.79. The van der Waals surface area contributed by atoms with E-state index in [2.05, 4.69) is 4.90 Å². The quantitative estimate of drug-likeness (QED) is 0.828. The maximum absolute atomic E-state index is 12.4. The average molecular weight is 296 g/mol. The maximum atomic E-state index is 12.4. The number of nitrogens with zero attached hydrogens (tertiary/aromatic N) is 2. The lowest BCUT2D eigenvalue weighted by atomic mass is 10.1. The highest BCUT2D eigenvalue weighted by molar-refractivity contribution is 7.08. The van der Waals surface area contributed by atoms with Crippen LogP contribution in [-0.2, 0) is 9.47 Å². The lowest BCUT2D eigenvalue weighted by Gasteiger charge is -2.36. The van der Waals surface area contributed by atoms with Crippen LogP contribution in [-0.4, -0.2) is 74.4 Å². The van der Waals surface area contributed by atoms with E-state index in [1.54, 1.807) is 18.4 Å². The summed E-state index contributed by atoms with van der Waals surface area (Å²) in [5, 5.41) is 3.85. The highest BCUT2D eigenvalue weighted by Gasteiger charge is 2.41. The van der Waals surface area contributed by atoms with E-state index in [4.69, 9.17) is 9.47 Å². The fourth-order valence-corrected chi connectivity index (χ4v) is 3.61. The van der Waals surface area contributed by atoms with Gasteiger partial charge in [0.05, 0.1) is 30.9 Å². The number of likely N-dealkylation sites (tertiary alicyclic amines) is 1. The van der Waals surface area contributed by atoms with Crippen molar-refractivity contribution < 1.29 is 14.3 Å². The molecular weight excluding hydrogens is 276 g/mol. The van der Waals surface area contributed by atoms with Crippen LogP contribution in [0.3, 0.4) is 0 Å². The molecule has 6 heteroatoms. The minimum atomic E-state index is 0.121. The van der Waals surface area contributed by atoms with Crippen molar-refractivity contribution in [3.63, 3.8) is 0 Å². The molecule has 5 nitrogen and oxygen atoms in total. The molecule has 0 N–H and O–H groups in total. The van der Waals surface area contributed by atoms with Gasteiger partial charge < -0.3 is 14.4 Å². The summed E-state index contributed by atoms with van der Waals surface area (Å²) in [6.07, 6.45) is 0.142. The van der Waals surface area contributed by atoms with Crippen molar-refractivity contribution >= 4 is 17.2 Å². The van der Waals surface area contributed by atoms with Crippen LogP contribution in [0.5, 0.6) is 0 Å². The number of amides is 1. The average Bonchev–Trinajstić information content (AvgIpc) is 3.12. The first kappa shape index (κ1) is 14.0. The molecule has 0 bridgehead atoms. The summed E-state index contributed by atoms with van der Waals surface area (Å²) >= 11 is 1.56. The Balaban J connectivity index is 1.66. The van der Waals surface area contributed by atoms with Gasteiger partial charge >= 0.3 is 0 Å². The molecule has 0 spiro atoms. The van der Waals surface area contributed by atoms with Crippen LogP contribution in [0.15, 0.2) is 16.8 Å². The second-order valence-electron chi connectivity index (χ2n) is 5.23. The van der Waals surface area contributed by atoms with Crippen LogP contribution >= 0.6 is 11.3 Å². The first-order valence-corrected chi connectivity index (χ1v) is 7.90. The maximum Gasteiger partial charge on any atom is 0.254 e. The molecule has 110 valence electrons. The smallest absolute Gasteiger partial charge is 0.254 e. The summed E-state index contributed by atoms with van der Waals surface area (Å²) in [5.41, 5.74) is 0.789. The molecule has 3 heterocycles. The summed E-state index contributed by atoms with van der Waals surface area (Å²) in [4.78, 5) is 16.7. The number of carbonyl (C=O) groups excluding carboxylic acids is 1. The van der Waals surface area contributed by atoms with Crippen molar-refractivity contribution in [1.82, 2.24) is 9.80 Å². The lowest BCUT2D eigenvalue weighted by Crippen LogP contribution is -2.51. The van der Waals surface area contributed by atoms with Crippen molar-refractivity contribution in [2.45, 2.75) is 12.1 Å². The Morgan fingerprint density at radius 3 is 3.20 bits per heavy atom. The molecule has 2 aliphatic rings. The Morgan fingerprint density at radius 1 is 1.55 bits per heavy atom. The summed E-state index contributed by atoms with van der Waals surface area (Å²) in [6.45, 7) is 4.74. The third-order valence-electron chi connectivity index (χ3n) is 4.05. The minimum Gasteiger partial charge on any atom is -0.383 e. The number of carbonyl (C=O) groups is 1. The highest BCUT2D eigenvalue weighted by Crippen LogP contribution is 2.24. The predicted octanol–water partition coefficient (Wildman–Crippen LogP) is 0.920. The molecule has 1 aromatic heterocycles. The number of hydrogen-bond acceptors (Lipinski definition) is 5. The van der Waals surface area contributed by atoms with E-state index >= 15 is 0 Å². The Hall–Kier alpha value is -0.950. The summed E-state index contributed by atoms with van der Waals surface area (Å²) < 4.78 is 11.0. The minimum absolute atomic E-state index is 0.121. The number of thiophene rings is 1. The van der Waals surface area contributed by atoms with Gasteiger partial charge in [0.25, 0.3) is 5.91 Å². The summed E-state index contributed by atoms with van der Waals surface area (Å²) in [6, 6.07) is 2.19. The second-order valence-corrected chi connectivity index (χ2v) is 6.01. The lowest BCUT2D eigenvalue weighted by molar-refractivity contribution is -0.0526. The standard InChI is InChI=1S/C14H20N2O3S/c1-18-5-3-15-4-6-19-13-9-16(8-12(13)15)14(17)11-2-7-20-10-11/h2,7,10,12-13H,3-6,8-9H2,1H3/t12-,13+/m0/s1. The fraction of sp³-hybridized carbons (Fsp3) is 0.643. The summed E-state index contributed by atoms with van der Waals surface area (Å²) in [7, 11) is 1.72. The Labute approximate surface area is 123 Å². The largest absolute Gasteiger partial charge is 0.383 e. The van der Waals surface area contributed by atoms with Crippen molar-refractivity contribution in [3.8, 4) is 0 Å². The van der Waals surface area contributed by atoms with Gasteiger partial charge in [-0.3, -0.25) is 9.69 Å². The van der Waals surface area contributed by atoms with Crippen LogP contribution in [0.4, 0.5) is 0 Å². The Kier molecular flexibility index (Phi) is 4.35. The predicted molar refractivity (Wildman–Crippen MR) is 77.2 cm³/mol. The number of morpholine rings is 1. The van der Waals surface area contributed by atoms with Gasteiger partial charge in [-0.05, 0) is 11.4 Å². The molecular formula is C14H20N2O3S. The number of ether oxygens (including phenoxy) is 2. The topological polar surface area (TPSA) is 42.0 Å². The van der Waals surface area contributed by atoms with Gasteiger partial charge in [-0.1, -0.05) is 0 Å². The third-order valence-corrected chi connectivity index (χ3v) is 4.74. The molecule has 1 aromatic rings. The van der Waals surface area contributed by atoms with Crippen molar-refractivity contribution in [3.05, 3.63) is 22.4 Å². The zero-order chi connectivity index (χ0) is 13.9. The molecule has 3 rings (SSSR count). The zero-order valence-electron chi connectivity index (χ0n) is 11.7. The number of methoxy groups -OCH3 is 1. The van der Waals surface area contributed by atoms with Gasteiger partial charge in [0.15, 0.2) is 0 Å². The number of rotatable bonds is 4. The van der Waals surface area contributed by atoms with Crippen molar-refractivity contribution in [1.29, 1.82) is 0 Å². The van der Waals surface area contributed by atoms with Gasteiger partial charge in [-0.2, -0.15) is 11.3 Å². The van der Waals surface area contributed by atoms with Crippen LogP contribution in [0.1, 0.15) is 10.4 Å². The van der Waals surface area contributed by atoms with Crippen LogP contribution in [0, 0.1) is 0 Å². The molecule has 1 amide bonds. The molecule has 20 heavy (non-hydrogen) atoms. The van der Waals surface area contributed by atoms with E-state index < -0.39 is 0 Å². The molecule has 2 aliphatic heterocycles. The number of fused-ring (bicyclic) bond motifs is 1. The molecule has 2 fully saturated rings. The van der Waals surface area contributed by atoms with E-state index in [-0.39, 0.29) is 12.0 Å². The highest BCUT2D eigenvalue weighted by atomic mass is 32.1. The van der Waals surface area contributed by atoms with Gasteiger partial charge in [0, 0.05) is 38.7 Å². The van der Waals surface area contributed by atoms with E-state index in [1.165, 1.54) is 0 Å². The van der Waals surface area contributed by atoms with Crippen LogP contribution < -0.4 is 0 Å². The van der Waals surface area contributed by atoms with Crippen LogP contribution in [0.25, 0.3) is 0 Å². The van der Waals surface area contributed by atoms with E-state index in [0.29, 0.717) is 12.6 Å². The van der Waals surface area contributed by atoms with Gasteiger partial charge in [-0.15, -0.1) is 0 Å². The van der Waals surface area contributed by atoms with Gasteiger partial charge in [-0.25, -0.2) is 0 Å². The van der Waals surface area contributed by atoms with E-state index in [1.807, 2.05) is 21.7 Å². The second kappa shape index (κ2) is 6.22. The SMILES string of the molecule is COCCN1CCO[C@@H]2CN(C(=O)c3ccsc3)C[C@@H]21. The fourth-order valence-electron chi connectivity index (χ4n) is 2.98. The van der Waals surface area contributed by atoms with E-state index in [9.17, 15) is 4.79 Å². The van der Waals surface area contributed by atoms with Crippen molar-refractivity contribution in [2.24, 2.45) is 0 Å². The first-order valence-electron chi connectivity index (χ1n) is 6.95. The van der Waals surface area contributed by atoms with Gasteiger partial charge in [0.2, 0.25) is 0 Å². The molecule has 0 unspecified atom stereocenters. The van der Waals surface area contributed by atoms with Crippen molar-refractivity contribution in [2.75, 3.05) is 46.5 Å². The monoisotopic (exact) mass is 296 g/mol. The normalized spacial score (nSPS) is 26.8. The molecule has 0 aromatic carbocycles. The number of hydrogen-bond donors (Lipinski definition) is 0. The Bertz CT molecular complexity index is 451. The molecule has 0 radical (unpaired) electrons. The van der Waals surface area contributed by atoms with Gasteiger partial charge in [0.1, 0.15) is 0 Å². The summed E-state index contributed by atoms with van der Waals surface area (Å²) in [5.74, 6) is 0.121. The Morgan fingerprint density at radius 2 is 2.45 bits per heavy atom. The molecule has 0 saturated carbocycles. The van der Waals surface area contributed by atoms with E-state index in [0.717, 1.165) is 38.4 Å². The molecule has 2 saturated heterocycles. The van der Waals surface area contributed by atoms with Crippen LogP contribution in [0.2, 0.25) is 0 Å². The third kappa shape index (κ3) is 2.74. The zero-order valence-corrected chi connectivity index (χ0v) is 12.5. The molecule has 2 atom stereocenters. The molecule has 0 aliphatic carbocycles.